The number of nitrogens with two attached hydrogens (primary N) is 1. The van der Waals surface area contributed by atoms with Crippen LogP contribution < -0.4 is 5.73 Å². The molecule has 2 N–H and O–H groups in total. The van der Waals surface area contributed by atoms with Gasteiger partial charge < -0.3 is 5.73 Å². The Kier molecular flexibility index (Phi) is 2.70. The molecular formula is C12H16N2S. The lowest BCUT2D eigenvalue weighted by atomic mass is 9.82. The second-order valence-electron chi connectivity index (χ2n) is 4.35. The molecule has 0 amide bonds. The van der Waals surface area contributed by atoms with Gasteiger partial charge in [-0.3, -0.25) is 0 Å². The maximum absolute atomic E-state index is 8.91. The van der Waals surface area contributed by atoms with E-state index in [4.69, 9.17) is 11.0 Å². The molecule has 15 heavy (non-hydrogen) atoms. The van der Waals surface area contributed by atoms with Crippen LogP contribution in [-0.4, -0.2) is 0 Å². The number of thiophene rings is 1. The van der Waals surface area contributed by atoms with Crippen LogP contribution in [0.25, 0.3) is 0 Å². The molecule has 1 aliphatic carbocycles. The Hall–Kier alpha value is -1.01. The van der Waals surface area contributed by atoms with Crippen LogP contribution >= 0.6 is 11.3 Å². The number of nitriles is 1. The first-order valence-corrected chi connectivity index (χ1v) is 6.33. The van der Waals surface area contributed by atoms with Gasteiger partial charge in [-0.05, 0) is 25.3 Å². The summed E-state index contributed by atoms with van der Waals surface area (Å²) in [5.41, 5.74) is 6.81. The van der Waals surface area contributed by atoms with E-state index in [0.717, 1.165) is 6.42 Å². The highest BCUT2D eigenvalue weighted by Crippen LogP contribution is 2.47. The van der Waals surface area contributed by atoms with E-state index in [9.17, 15) is 0 Å². The van der Waals surface area contributed by atoms with Gasteiger partial charge in [0.2, 0.25) is 0 Å². The normalized spacial score (nSPS) is 18.9. The molecule has 0 aliphatic heterocycles. The molecule has 1 aromatic rings. The van der Waals surface area contributed by atoms with Crippen LogP contribution in [-0.2, 0) is 5.41 Å². The largest absolute Gasteiger partial charge is 0.397 e. The molecule has 2 nitrogen and oxygen atoms in total. The molecule has 0 saturated heterocycles. The first-order valence-electron chi connectivity index (χ1n) is 5.52. The second kappa shape index (κ2) is 3.86. The predicted octanol–water partition coefficient (Wildman–Crippen LogP) is 3.42. The van der Waals surface area contributed by atoms with E-state index in [0.29, 0.717) is 16.0 Å². The van der Waals surface area contributed by atoms with Gasteiger partial charge in [-0.25, -0.2) is 0 Å². The summed E-state index contributed by atoms with van der Waals surface area (Å²) < 4.78 is 0. The van der Waals surface area contributed by atoms with Crippen LogP contribution in [0, 0.1) is 11.3 Å². The Morgan fingerprint density at radius 1 is 1.53 bits per heavy atom. The molecule has 0 aromatic carbocycles. The molecule has 1 heterocycles. The Labute approximate surface area is 94.7 Å². The predicted molar refractivity (Wildman–Crippen MR) is 63.9 cm³/mol. The highest BCUT2D eigenvalue weighted by molar-refractivity contribution is 7.13. The maximum atomic E-state index is 8.91. The summed E-state index contributed by atoms with van der Waals surface area (Å²) in [5.74, 6) is 0. The first kappa shape index (κ1) is 10.5. The van der Waals surface area contributed by atoms with Gasteiger partial charge in [-0.1, -0.05) is 19.8 Å². The average molecular weight is 220 g/mol. The number of nitrogens with zero attached hydrogens (tertiary/aromatic N) is 1. The van der Waals surface area contributed by atoms with Crippen LogP contribution in [0.15, 0.2) is 6.07 Å². The van der Waals surface area contributed by atoms with E-state index in [1.54, 1.807) is 11.3 Å². The molecule has 2 rings (SSSR count). The van der Waals surface area contributed by atoms with Gasteiger partial charge in [0.1, 0.15) is 10.9 Å². The molecule has 80 valence electrons. The van der Waals surface area contributed by atoms with Crippen molar-refractivity contribution in [2.24, 2.45) is 0 Å². The van der Waals surface area contributed by atoms with Crippen molar-refractivity contribution >= 4 is 17.0 Å². The van der Waals surface area contributed by atoms with Crippen LogP contribution in [0.3, 0.4) is 0 Å². The lowest BCUT2D eigenvalue weighted by Crippen LogP contribution is -2.18. The summed E-state index contributed by atoms with van der Waals surface area (Å²) >= 11 is 1.59. The maximum Gasteiger partial charge on any atom is 0.128 e. The minimum Gasteiger partial charge on any atom is -0.397 e. The van der Waals surface area contributed by atoms with E-state index < -0.39 is 0 Å². The fourth-order valence-corrected chi connectivity index (χ4v) is 3.77. The van der Waals surface area contributed by atoms with Gasteiger partial charge in [0.05, 0.1) is 5.69 Å². The third-order valence-electron chi connectivity index (χ3n) is 3.62. The minimum absolute atomic E-state index is 0.327. The number of anilines is 1. The van der Waals surface area contributed by atoms with E-state index in [2.05, 4.69) is 13.0 Å². The molecule has 0 atom stereocenters. The molecule has 1 fully saturated rings. The van der Waals surface area contributed by atoms with Crippen molar-refractivity contribution in [2.45, 2.75) is 44.4 Å². The van der Waals surface area contributed by atoms with Crippen molar-refractivity contribution in [3.63, 3.8) is 0 Å². The third kappa shape index (κ3) is 1.63. The molecule has 3 heteroatoms. The highest BCUT2D eigenvalue weighted by Gasteiger charge is 2.35. The fourth-order valence-electron chi connectivity index (χ4n) is 2.58. The fraction of sp³-hybridized carbons (Fsp3) is 0.583. The van der Waals surface area contributed by atoms with Crippen molar-refractivity contribution in [3.8, 4) is 6.07 Å². The summed E-state index contributed by atoms with van der Waals surface area (Å²) in [5, 5.41) is 8.91. The monoisotopic (exact) mass is 220 g/mol. The summed E-state index contributed by atoms with van der Waals surface area (Å²) in [7, 11) is 0. The zero-order chi connectivity index (χ0) is 10.9. The van der Waals surface area contributed by atoms with Crippen molar-refractivity contribution in [1.29, 1.82) is 5.26 Å². The van der Waals surface area contributed by atoms with Crippen LogP contribution in [0.5, 0.6) is 0 Å². The van der Waals surface area contributed by atoms with Gasteiger partial charge in [0.25, 0.3) is 0 Å². The van der Waals surface area contributed by atoms with Gasteiger partial charge in [0.15, 0.2) is 0 Å². The molecular weight excluding hydrogens is 204 g/mol. The van der Waals surface area contributed by atoms with Gasteiger partial charge in [0, 0.05) is 10.3 Å². The van der Waals surface area contributed by atoms with Gasteiger partial charge >= 0.3 is 0 Å². The summed E-state index contributed by atoms with van der Waals surface area (Å²) in [4.78, 5) is 2.02. The molecule has 1 aromatic heterocycles. The Balaban J connectivity index is 2.39. The number of hydrogen-bond donors (Lipinski definition) is 1. The van der Waals surface area contributed by atoms with E-state index >= 15 is 0 Å². The van der Waals surface area contributed by atoms with Crippen molar-refractivity contribution in [3.05, 3.63) is 15.8 Å². The molecule has 0 radical (unpaired) electrons. The van der Waals surface area contributed by atoms with Crippen molar-refractivity contribution in [2.75, 3.05) is 5.73 Å². The Bertz CT molecular complexity index is 394. The number of rotatable bonds is 2. The zero-order valence-corrected chi connectivity index (χ0v) is 9.86. The quantitative estimate of drug-likeness (QED) is 0.830. The van der Waals surface area contributed by atoms with E-state index in [1.165, 1.54) is 30.6 Å². The van der Waals surface area contributed by atoms with Crippen LogP contribution in [0.2, 0.25) is 0 Å². The van der Waals surface area contributed by atoms with Crippen LogP contribution in [0.1, 0.15) is 48.8 Å². The third-order valence-corrected chi connectivity index (χ3v) is 4.92. The standard InChI is InChI=1S/C12H16N2S/c1-2-12(5-3-4-6-12)11-7-9(14)10(8-13)15-11/h7H,2-6,14H2,1H3. The molecule has 0 bridgehead atoms. The van der Waals surface area contributed by atoms with Crippen LogP contribution in [0.4, 0.5) is 5.69 Å². The topological polar surface area (TPSA) is 49.8 Å². The first-order chi connectivity index (χ1) is 7.22. The Morgan fingerprint density at radius 2 is 2.20 bits per heavy atom. The minimum atomic E-state index is 0.327. The molecule has 0 spiro atoms. The summed E-state index contributed by atoms with van der Waals surface area (Å²) in [6.07, 6.45) is 6.31. The van der Waals surface area contributed by atoms with Crippen molar-refractivity contribution < 1.29 is 0 Å². The summed E-state index contributed by atoms with van der Waals surface area (Å²) in [6.45, 7) is 2.24. The number of hydrogen-bond acceptors (Lipinski definition) is 3. The molecule has 1 aliphatic rings. The zero-order valence-electron chi connectivity index (χ0n) is 9.05. The molecule has 0 unspecified atom stereocenters. The lowest BCUT2D eigenvalue weighted by Gasteiger charge is -2.25. The van der Waals surface area contributed by atoms with Gasteiger partial charge in [-0.2, -0.15) is 5.26 Å². The van der Waals surface area contributed by atoms with Gasteiger partial charge in [-0.15, -0.1) is 11.3 Å². The Morgan fingerprint density at radius 3 is 2.67 bits per heavy atom. The average Bonchev–Trinajstić information content (AvgIpc) is 2.84. The molecule has 1 saturated carbocycles. The number of nitrogen functional groups attached to an aromatic ring is 1. The smallest absolute Gasteiger partial charge is 0.128 e. The summed E-state index contributed by atoms with van der Waals surface area (Å²) in [6, 6.07) is 4.20. The second-order valence-corrected chi connectivity index (χ2v) is 5.40. The van der Waals surface area contributed by atoms with Crippen molar-refractivity contribution in [1.82, 2.24) is 0 Å². The van der Waals surface area contributed by atoms with E-state index in [-0.39, 0.29) is 0 Å². The van der Waals surface area contributed by atoms with E-state index in [1.807, 2.05) is 6.07 Å². The SMILES string of the molecule is CCC1(c2cc(N)c(C#N)s2)CCCC1. The lowest BCUT2D eigenvalue weighted by molar-refractivity contribution is 0.434. The highest BCUT2D eigenvalue weighted by atomic mass is 32.1.